The summed E-state index contributed by atoms with van der Waals surface area (Å²) >= 11 is 1.84. The second kappa shape index (κ2) is 6.40. The van der Waals surface area contributed by atoms with Crippen molar-refractivity contribution in [1.82, 2.24) is 14.9 Å². The van der Waals surface area contributed by atoms with Crippen LogP contribution in [-0.4, -0.2) is 52.8 Å². The molecule has 1 aromatic heterocycles. The number of carbonyl (C=O) groups is 1. The van der Waals surface area contributed by atoms with E-state index in [0.717, 1.165) is 62.0 Å². The van der Waals surface area contributed by atoms with E-state index in [9.17, 15) is 4.79 Å². The standard InChI is InChI=1S/C15H23N3O2S/c1-12-13(17-11-16-12)8-21-7-5-18-9-15(3-2-14(18)19)4-6-20-10-15/h11H,2-10H2,1H3,(H,16,17)/t15-/m1/s1. The Balaban J connectivity index is 1.45. The number of amides is 1. The van der Waals surface area contributed by atoms with E-state index in [1.807, 2.05) is 23.6 Å². The highest BCUT2D eigenvalue weighted by Crippen LogP contribution is 2.38. The fourth-order valence-electron chi connectivity index (χ4n) is 3.15. The molecule has 2 aliphatic rings. The fourth-order valence-corrected chi connectivity index (χ4v) is 4.13. The Labute approximate surface area is 129 Å². The van der Waals surface area contributed by atoms with Crippen LogP contribution in [0.15, 0.2) is 6.33 Å². The predicted molar refractivity (Wildman–Crippen MR) is 83.2 cm³/mol. The van der Waals surface area contributed by atoms with Crippen molar-refractivity contribution in [2.45, 2.75) is 31.9 Å². The van der Waals surface area contributed by atoms with Crippen LogP contribution in [0.5, 0.6) is 0 Å². The number of imidazole rings is 1. The Morgan fingerprint density at radius 1 is 1.52 bits per heavy atom. The lowest BCUT2D eigenvalue weighted by Gasteiger charge is -2.39. The highest BCUT2D eigenvalue weighted by atomic mass is 32.2. The van der Waals surface area contributed by atoms with Gasteiger partial charge < -0.3 is 14.6 Å². The minimum atomic E-state index is 0.247. The number of hydrogen-bond acceptors (Lipinski definition) is 4. The zero-order valence-electron chi connectivity index (χ0n) is 12.6. The molecule has 116 valence electrons. The molecular formula is C15H23N3O2S. The first-order valence-corrected chi connectivity index (χ1v) is 8.76. The van der Waals surface area contributed by atoms with Crippen LogP contribution in [0.4, 0.5) is 0 Å². The second-order valence-electron chi connectivity index (χ2n) is 6.14. The molecule has 6 heteroatoms. The number of likely N-dealkylation sites (tertiary alicyclic amines) is 1. The molecule has 1 N–H and O–H groups in total. The highest BCUT2D eigenvalue weighted by molar-refractivity contribution is 7.98. The van der Waals surface area contributed by atoms with Crippen LogP contribution in [0.1, 0.15) is 30.7 Å². The van der Waals surface area contributed by atoms with Crippen LogP contribution in [-0.2, 0) is 15.3 Å². The smallest absolute Gasteiger partial charge is 0.222 e. The third kappa shape index (κ3) is 3.43. The van der Waals surface area contributed by atoms with Crippen LogP contribution >= 0.6 is 11.8 Å². The molecule has 2 saturated heterocycles. The molecule has 1 amide bonds. The van der Waals surface area contributed by atoms with E-state index < -0.39 is 0 Å². The minimum Gasteiger partial charge on any atom is -0.381 e. The molecule has 2 fully saturated rings. The Bertz CT molecular complexity index is 497. The topological polar surface area (TPSA) is 58.2 Å². The third-order valence-corrected chi connectivity index (χ3v) is 5.56. The van der Waals surface area contributed by atoms with E-state index in [1.54, 1.807) is 6.33 Å². The lowest BCUT2D eigenvalue weighted by molar-refractivity contribution is -0.137. The van der Waals surface area contributed by atoms with Crippen molar-refractivity contribution in [1.29, 1.82) is 0 Å². The number of rotatable bonds is 5. The van der Waals surface area contributed by atoms with Crippen molar-refractivity contribution in [3.8, 4) is 0 Å². The van der Waals surface area contributed by atoms with Crippen molar-refractivity contribution in [3.63, 3.8) is 0 Å². The van der Waals surface area contributed by atoms with Gasteiger partial charge >= 0.3 is 0 Å². The molecule has 0 saturated carbocycles. The first-order chi connectivity index (χ1) is 10.2. The molecule has 3 heterocycles. The van der Waals surface area contributed by atoms with Crippen molar-refractivity contribution < 1.29 is 9.53 Å². The van der Waals surface area contributed by atoms with Gasteiger partial charge in [-0.05, 0) is 19.8 Å². The molecule has 0 unspecified atom stereocenters. The number of nitrogens with one attached hydrogen (secondary N) is 1. The van der Waals surface area contributed by atoms with Crippen molar-refractivity contribution >= 4 is 17.7 Å². The first kappa shape index (κ1) is 14.9. The summed E-state index contributed by atoms with van der Waals surface area (Å²) in [6.45, 7) is 5.45. The van der Waals surface area contributed by atoms with E-state index in [1.165, 1.54) is 0 Å². The molecule has 0 aliphatic carbocycles. The number of aryl methyl sites for hydroxylation is 1. The molecule has 0 bridgehead atoms. The van der Waals surface area contributed by atoms with E-state index >= 15 is 0 Å². The maximum atomic E-state index is 12.1. The minimum absolute atomic E-state index is 0.247. The number of H-pyrrole nitrogens is 1. The summed E-state index contributed by atoms with van der Waals surface area (Å²) in [5, 5.41) is 0. The lowest BCUT2D eigenvalue weighted by atomic mass is 9.79. The van der Waals surface area contributed by atoms with Gasteiger partial charge in [0.15, 0.2) is 0 Å². The van der Waals surface area contributed by atoms with Crippen molar-refractivity contribution in [2.75, 3.05) is 32.1 Å². The largest absolute Gasteiger partial charge is 0.381 e. The number of aromatic nitrogens is 2. The van der Waals surface area contributed by atoms with Crippen LogP contribution < -0.4 is 0 Å². The molecule has 3 rings (SSSR count). The highest BCUT2D eigenvalue weighted by Gasteiger charge is 2.41. The monoisotopic (exact) mass is 309 g/mol. The number of piperidine rings is 1. The lowest BCUT2D eigenvalue weighted by Crippen LogP contribution is -2.47. The Hall–Kier alpha value is -1.01. The number of nitrogens with zero attached hydrogens (tertiary/aromatic N) is 2. The molecule has 1 aromatic rings. The van der Waals surface area contributed by atoms with Gasteiger partial charge in [0, 0.05) is 48.7 Å². The maximum Gasteiger partial charge on any atom is 0.222 e. The molecule has 1 atom stereocenters. The molecule has 21 heavy (non-hydrogen) atoms. The summed E-state index contributed by atoms with van der Waals surface area (Å²) in [6, 6.07) is 0. The summed E-state index contributed by atoms with van der Waals surface area (Å²) in [5.41, 5.74) is 2.50. The zero-order valence-corrected chi connectivity index (χ0v) is 13.4. The normalized spacial score (nSPS) is 26.0. The van der Waals surface area contributed by atoms with Gasteiger partial charge in [0.05, 0.1) is 18.6 Å². The third-order valence-electron chi connectivity index (χ3n) is 4.61. The van der Waals surface area contributed by atoms with Gasteiger partial charge in [-0.1, -0.05) is 0 Å². The Morgan fingerprint density at radius 2 is 2.43 bits per heavy atom. The molecule has 0 radical (unpaired) electrons. The fraction of sp³-hybridized carbons (Fsp3) is 0.733. The van der Waals surface area contributed by atoms with Crippen LogP contribution in [0.3, 0.4) is 0 Å². The summed E-state index contributed by atoms with van der Waals surface area (Å²) in [7, 11) is 0. The van der Waals surface area contributed by atoms with Crippen LogP contribution in [0.2, 0.25) is 0 Å². The molecule has 1 spiro atoms. The summed E-state index contributed by atoms with van der Waals surface area (Å²) in [6.07, 6.45) is 4.54. The van der Waals surface area contributed by atoms with Gasteiger partial charge in [0.2, 0.25) is 5.91 Å². The Morgan fingerprint density at radius 3 is 3.14 bits per heavy atom. The number of thioether (sulfide) groups is 1. The van der Waals surface area contributed by atoms with E-state index in [2.05, 4.69) is 9.97 Å². The molecular weight excluding hydrogens is 286 g/mol. The van der Waals surface area contributed by atoms with Gasteiger partial charge in [-0.3, -0.25) is 4.79 Å². The molecule has 5 nitrogen and oxygen atoms in total. The number of hydrogen-bond donors (Lipinski definition) is 1. The van der Waals surface area contributed by atoms with Gasteiger partial charge in [0.25, 0.3) is 0 Å². The molecule has 0 aromatic carbocycles. The van der Waals surface area contributed by atoms with Crippen LogP contribution in [0, 0.1) is 12.3 Å². The van der Waals surface area contributed by atoms with Gasteiger partial charge in [-0.15, -0.1) is 0 Å². The number of ether oxygens (including phenoxy) is 1. The average molecular weight is 309 g/mol. The van der Waals surface area contributed by atoms with E-state index in [-0.39, 0.29) is 5.41 Å². The average Bonchev–Trinajstić information content (AvgIpc) is 3.09. The van der Waals surface area contributed by atoms with Crippen molar-refractivity contribution in [2.24, 2.45) is 5.41 Å². The van der Waals surface area contributed by atoms with Gasteiger partial charge in [0.1, 0.15) is 0 Å². The second-order valence-corrected chi connectivity index (χ2v) is 7.25. The quantitative estimate of drug-likeness (QED) is 0.845. The Kier molecular flexibility index (Phi) is 4.54. The van der Waals surface area contributed by atoms with Gasteiger partial charge in [-0.25, -0.2) is 4.98 Å². The molecule has 2 aliphatic heterocycles. The first-order valence-electron chi connectivity index (χ1n) is 7.61. The summed E-state index contributed by atoms with van der Waals surface area (Å²) in [4.78, 5) is 21.5. The zero-order chi connectivity index (χ0) is 14.7. The van der Waals surface area contributed by atoms with E-state index in [4.69, 9.17) is 4.74 Å². The van der Waals surface area contributed by atoms with Crippen LogP contribution in [0.25, 0.3) is 0 Å². The van der Waals surface area contributed by atoms with Gasteiger partial charge in [-0.2, -0.15) is 11.8 Å². The van der Waals surface area contributed by atoms with E-state index in [0.29, 0.717) is 12.3 Å². The number of carbonyl (C=O) groups excluding carboxylic acids is 1. The SMILES string of the molecule is Cc1[nH]cnc1CSCCN1C[C@]2(CCOC2)CCC1=O. The number of aromatic amines is 1. The predicted octanol–water partition coefficient (Wildman–Crippen LogP) is 1.98. The van der Waals surface area contributed by atoms with Crippen molar-refractivity contribution in [3.05, 3.63) is 17.7 Å². The maximum absolute atomic E-state index is 12.1. The summed E-state index contributed by atoms with van der Waals surface area (Å²) < 4.78 is 5.55. The summed E-state index contributed by atoms with van der Waals surface area (Å²) in [5.74, 6) is 2.18.